The van der Waals surface area contributed by atoms with Crippen LogP contribution in [0.25, 0.3) is 6.08 Å². The maximum absolute atomic E-state index is 11.9. The summed E-state index contributed by atoms with van der Waals surface area (Å²) in [6.45, 7) is 0.681. The Morgan fingerprint density at radius 1 is 1.37 bits per heavy atom. The van der Waals surface area contributed by atoms with E-state index in [2.05, 4.69) is 14.7 Å². The van der Waals surface area contributed by atoms with Gasteiger partial charge in [-0.1, -0.05) is 0 Å². The zero-order chi connectivity index (χ0) is 14.3. The van der Waals surface area contributed by atoms with Crippen molar-refractivity contribution in [3.8, 4) is 0 Å². The third-order valence-electron chi connectivity index (χ3n) is 1.79. The number of alkyl halides is 3. The van der Waals surface area contributed by atoms with Crippen LogP contribution < -0.4 is 0 Å². The van der Waals surface area contributed by atoms with E-state index >= 15 is 0 Å². The lowest BCUT2D eigenvalue weighted by atomic mass is 10.3. The van der Waals surface area contributed by atoms with Crippen molar-refractivity contribution in [2.24, 2.45) is 0 Å². The molecule has 1 rings (SSSR count). The lowest BCUT2D eigenvalue weighted by molar-refractivity contribution is -0.176. The van der Waals surface area contributed by atoms with Gasteiger partial charge in [0.05, 0.1) is 30.9 Å². The highest BCUT2D eigenvalue weighted by Crippen LogP contribution is 2.16. The lowest BCUT2D eigenvalue weighted by Crippen LogP contribution is -2.17. The van der Waals surface area contributed by atoms with E-state index in [0.29, 0.717) is 12.3 Å². The fourth-order valence-corrected chi connectivity index (χ4v) is 1.34. The lowest BCUT2D eigenvalue weighted by Gasteiger charge is -2.07. The molecule has 0 aliphatic heterocycles. The molecule has 19 heavy (non-hydrogen) atoms. The van der Waals surface area contributed by atoms with E-state index in [9.17, 15) is 13.2 Å². The highest BCUT2D eigenvalue weighted by Gasteiger charge is 2.27. The van der Waals surface area contributed by atoms with Gasteiger partial charge < -0.3 is 9.47 Å². The first kappa shape index (κ1) is 15.7. The molecule has 0 spiro atoms. The molecule has 1 heterocycles. The maximum atomic E-state index is 11.9. The summed E-state index contributed by atoms with van der Waals surface area (Å²) in [7, 11) is 0. The molecular weight excluding hydrogens is 285 g/mol. The van der Waals surface area contributed by atoms with Crippen molar-refractivity contribution in [2.75, 3.05) is 13.2 Å². The standard InChI is InChI=1S/C11H12ClF3N2O2/c1-2-18-4-3-8-5-9(17-10(12)16-8)6-19-7-11(13,14)15/h3-5H,2,6-7H2,1H3. The molecule has 0 amide bonds. The molecule has 0 bridgehead atoms. The second-order valence-electron chi connectivity index (χ2n) is 3.42. The van der Waals surface area contributed by atoms with Crippen LogP contribution in [0.1, 0.15) is 18.3 Å². The quantitative estimate of drug-likeness (QED) is 0.597. The van der Waals surface area contributed by atoms with Gasteiger partial charge in [-0.3, -0.25) is 0 Å². The number of aromatic nitrogens is 2. The van der Waals surface area contributed by atoms with E-state index in [1.165, 1.54) is 18.4 Å². The Labute approximate surface area is 113 Å². The molecule has 0 radical (unpaired) electrons. The molecule has 0 N–H and O–H groups in total. The molecular formula is C11H12ClF3N2O2. The van der Waals surface area contributed by atoms with E-state index in [1.54, 1.807) is 0 Å². The SMILES string of the molecule is CCOC=Cc1cc(COCC(F)(F)F)nc(Cl)n1. The van der Waals surface area contributed by atoms with Gasteiger partial charge in [0, 0.05) is 0 Å². The van der Waals surface area contributed by atoms with Gasteiger partial charge in [-0.05, 0) is 30.7 Å². The molecule has 0 atom stereocenters. The van der Waals surface area contributed by atoms with Crippen LogP contribution in [0.4, 0.5) is 13.2 Å². The van der Waals surface area contributed by atoms with E-state index in [4.69, 9.17) is 16.3 Å². The van der Waals surface area contributed by atoms with E-state index in [-0.39, 0.29) is 17.6 Å². The Hall–Kier alpha value is -1.34. The molecule has 0 saturated heterocycles. The zero-order valence-corrected chi connectivity index (χ0v) is 10.8. The van der Waals surface area contributed by atoms with Crippen LogP contribution in [0.2, 0.25) is 5.28 Å². The van der Waals surface area contributed by atoms with E-state index in [0.717, 1.165) is 0 Å². The minimum absolute atomic E-state index is 0.0655. The molecule has 8 heteroatoms. The second-order valence-corrected chi connectivity index (χ2v) is 3.76. The zero-order valence-electron chi connectivity index (χ0n) is 10.1. The molecule has 1 aromatic heterocycles. The summed E-state index contributed by atoms with van der Waals surface area (Å²) in [5.74, 6) is 0. The van der Waals surface area contributed by atoms with Crippen LogP contribution in [-0.2, 0) is 16.1 Å². The maximum Gasteiger partial charge on any atom is 0.411 e. The predicted molar refractivity (Wildman–Crippen MR) is 63.4 cm³/mol. The number of ether oxygens (including phenoxy) is 2. The molecule has 1 aromatic rings. The van der Waals surface area contributed by atoms with Crippen LogP contribution >= 0.6 is 11.6 Å². The van der Waals surface area contributed by atoms with Crippen LogP contribution in [0.5, 0.6) is 0 Å². The highest BCUT2D eigenvalue weighted by atomic mass is 35.5. The third kappa shape index (κ3) is 6.97. The molecule has 0 unspecified atom stereocenters. The molecule has 4 nitrogen and oxygen atoms in total. The van der Waals surface area contributed by atoms with Crippen molar-refractivity contribution in [3.05, 3.63) is 29.0 Å². The van der Waals surface area contributed by atoms with Crippen LogP contribution in [0.15, 0.2) is 12.3 Å². The third-order valence-corrected chi connectivity index (χ3v) is 1.96. The first-order valence-electron chi connectivity index (χ1n) is 5.37. The number of nitrogens with zero attached hydrogens (tertiary/aromatic N) is 2. The molecule has 0 aliphatic rings. The van der Waals surface area contributed by atoms with Gasteiger partial charge in [-0.15, -0.1) is 0 Å². The summed E-state index contributed by atoms with van der Waals surface area (Å²) in [6, 6.07) is 1.47. The Bertz CT molecular complexity index is 438. The van der Waals surface area contributed by atoms with Gasteiger partial charge in [0.1, 0.15) is 6.61 Å². The van der Waals surface area contributed by atoms with Crippen LogP contribution in [0, 0.1) is 0 Å². The van der Waals surface area contributed by atoms with E-state index in [1.807, 2.05) is 6.92 Å². The van der Waals surface area contributed by atoms with Gasteiger partial charge in [-0.2, -0.15) is 13.2 Å². The van der Waals surface area contributed by atoms with Crippen LogP contribution in [0.3, 0.4) is 0 Å². The van der Waals surface area contributed by atoms with Gasteiger partial charge in [0.25, 0.3) is 0 Å². The summed E-state index contributed by atoms with van der Waals surface area (Å²) in [6.07, 6.45) is -1.42. The molecule has 0 fully saturated rings. The van der Waals surface area contributed by atoms with E-state index < -0.39 is 12.8 Å². The van der Waals surface area contributed by atoms with Crippen LogP contribution in [-0.4, -0.2) is 29.4 Å². The van der Waals surface area contributed by atoms with Gasteiger partial charge in [0.15, 0.2) is 0 Å². The summed E-state index contributed by atoms with van der Waals surface area (Å²) < 4.78 is 45.2. The number of hydrogen-bond acceptors (Lipinski definition) is 4. The summed E-state index contributed by atoms with van der Waals surface area (Å²) >= 11 is 5.66. The normalized spacial score (nSPS) is 12.1. The van der Waals surface area contributed by atoms with Gasteiger partial charge in [0.2, 0.25) is 5.28 Å². The van der Waals surface area contributed by atoms with Crippen molar-refractivity contribution in [1.29, 1.82) is 0 Å². The molecule has 0 aliphatic carbocycles. The topological polar surface area (TPSA) is 44.2 Å². The largest absolute Gasteiger partial charge is 0.501 e. The fourth-order valence-electron chi connectivity index (χ4n) is 1.13. The fraction of sp³-hybridized carbons (Fsp3) is 0.455. The Morgan fingerprint density at radius 2 is 2.11 bits per heavy atom. The predicted octanol–water partition coefficient (Wildman–Crippen LogP) is 3.22. The molecule has 106 valence electrons. The van der Waals surface area contributed by atoms with Crippen molar-refractivity contribution in [2.45, 2.75) is 19.7 Å². The average molecular weight is 297 g/mol. The minimum Gasteiger partial charge on any atom is -0.501 e. The summed E-state index contributed by atoms with van der Waals surface area (Å²) in [5.41, 5.74) is 0.694. The smallest absolute Gasteiger partial charge is 0.411 e. The second kappa shape index (κ2) is 7.30. The minimum atomic E-state index is -4.37. The molecule has 0 saturated carbocycles. The summed E-state index contributed by atoms with van der Waals surface area (Å²) in [5, 5.41) is -0.0655. The Balaban J connectivity index is 2.63. The first-order chi connectivity index (χ1) is 8.90. The van der Waals surface area contributed by atoms with Crippen molar-refractivity contribution < 1.29 is 22.6 Å². The number of hydrogen-bond donors (Lipinski definition) is 0. The summed E-state index contributed by atoms with van der Waals surface area (Å²) in [4.78, 5) is 7.64. The van der Waals surface area contributed by atoms with Crippen molar-refractivity contribution >= 4 is 17.7 Å². The number of rotatable bonds is 6. The van der Waals surface area contributed by atoms with Gasteiger partial charge in [-0.25, -0.2) is 9.97 Å². The highest BCUT2D eigenvalue weighted by molar-refractivity contribution is 6.28. The monoisotopic (exact) mass is 296 g/mol. The Kier molecular flexibility index (Phi) is 6.04. The van der Waals surface area contributed by atoms with Crippen molar-refractivity contribution in [3.63, 3.8) is 0 Å². The number of halogens is 4. The average Bonchev–Trinajstić information content (AvgIpc) is 2.27. The van der Waals surface area contributed by atoms with Crippen molar-refractivity contribution in [1.82, 2.24) is 9.97 Å². The Morgan fingerprint density at radius 3 is 2.74 bits per heavy atom. The molecule has 0 aromatic carbocycles. The van der Waals surface area contributed by atoms with Gasteiger partial charge >= 0.3 is 6.18 Å². The first-order valence-corrected chi connectivity index (χ1v) is 5.74.